The number of benzene rings is 1. The second kappa shape index (κ2) is 8.16. The van der Waals surface area contributed by atoms with Gasteiger partial charge in [-0.2, -0.15) is 0 Å². The first-order valence-corrected chi connectivity index (χ1v) is 9.55. The maximum atomic E-state index is 11.7. The minimum atomic E-state index is 0.0451. The number of nitrogens with zero attached hydrogens (tertiary/aromatic N) is 2. The number of hydrogen-bond acceptors (Lipinski definition) is 3. The fraction of sp³-hybridized carbons (Fsp3) is 0.579. The third-order valence-electron chi connectivity index (χ3n) is 5.14. The van der Waals surface area contributed by atoms with Crippen molar-refractivity contribution in [2.75, 3.05) is 33.3 Å². The Morgan fingerprint density at radius 2 is 2.35 bits per heavy atom. The molecule has 0 bridgehead atoms. The molecule has 1 aromatic carbocycles. The van der Waals surface area contributed by atoms with Gasteiger partial charge < -0.3 is 20.3 Å². The number of aliphatic imine (C=N–C) groups is 1. The number of likely N-dealkylation sites (tertiary alicyclic amines) is 1. The van der Waals surface area contributed by atoms with Gasteiger partial charge in [0.1, 0.15) is 5.75 Å². The number of ether oxygens (including phenoxy) is 1. The number of guanidine groups is 1. The number of amides is 1. The first-order valence-electron chi connectivity index (χ1n) is 9.17. The average molecular weight is 379 g/mol. The molecule has 2 saturated heterocycles. The quantitative estimate of drug-likeness (QED) is 0.623. The summed E-state index contributed by atoms with van der Waals surface area (Å²) >= 11 is 6.04. The molecule has 2 heterocycles. The second-order valence-corrected chi connectivity index (χ2v) is 7.54. The zero-order chi connectivity index (χ0) is 18.6. The molecule has 0 aromatic heterocycles. The van der Waals surface area contributed by atoms with Gasteiger partial charge in [-0.05, 0) is 31.9 Å². The van der Waals surface area contributed by atoms with Crippen LogP contribution in [-0.4, -0.2) is 50.1 Å². The van der Waals surface area contributed by atoms with Crippen LogP contribution in [0.15, 0.2) is 23.2 Å². The molecule has 26 heavy (non-hydrogen) atoms. The third kappa shape index (κ3) is 4.23. The number of piperidine rings is 1. The van der Waals surface area contributed by atoms with Gasteiger partial charge >= 0.3 is 0 Å². The molecule has 142 valence electrons. The standard InChI is InChI=1S/C19H27ClN4O2/c1-3-21-18(22-11-14-5-6-15(20)9-16(14)26-2)24-8-4-7-19(13-24)10-17(25)23-12-19/h5-6,9H,3-4,7-8,10-13H2,1-2H3,(H,21,22)(H,23,25). The van der Waals surface area contributed by atoms with E-state index in [2.05, 4.69) is 22.5 Å². The Hall–Kier alpha value is -1.95. The first kappa shape index (κ1) is 18.8. The van der Waals surface area contributed by atoms with E-state index < -0.39 is 0 Å². The Morgan fingerprint density at radius 3 is 3.04 bits per heavy atom. The minimum absolute atomic E-state index is 0.0451. The number of halogens is 1. The predicted molar refractivity (Wildman–Crippen MR) is 104 cm³/mol. The molecule has 1 spiro atoms. The highest BCUT2D eigenvalue weighted by molar-refractivity contribution is 6.30. The van der Waals surface area contributed by atoms with Gasteiger partial charge in [0.15, 0.2) is 5.96 Å². The van der Waals surface area contributed by atoms with Gasteiger partial charge in [0.25, 0.3) is 0 Å². The van der Waals surface area contributed by atoms with Gasteiger partial charge in [-0.3, -0.25) is 4.79 Å². The SMILES string of the molecule is CCNC(=NCc1ccc(Cl)cc1OC)N1CCCC2(CNC(=O)C2)C1. The smallest absolute Gasteiger partial charge is 0.220 e. The topological polar surface area (TPSA) is 66.0 Å². The van der Waals surface area contributed by atoms with Crippen LogP contribution in [0.4, 0.5) is 0 Å². The normalized spacial score (nSPS) is 23.3. The van der Waals surface area contributed by atoms with Crippen molar-refractivity contribution in [2.45, 2.75) is 32.7 Å². The number of methoxy groups -OCH3 is 1. The Morgan fingerprint density at radius 1 is 1.50 bits per heavy atom. The van der Waals surface area contributed by atoms with Gasteiger partial charge in [-0.15, -0.1) is 0 Å². The molecule has 6 nitrogen and oxygen atoms in total. The van der Waals surface area contributed by atoms with Crippen LogP contribution in [0.1, 0.15) is 31.7 Å². The van der Waals surface area contributed by atoms with Crippen LogP contribution in [0.5, 0.6) is 5.75 Å². The minimum Gasteiger partial charge on any atom is -0.496 e. The number of carbonyl (C=O) groups excluding carboxylic acids is 1. The van der Waals surface area contributed by atoms with E-state index in [1.54, 1.807) is 7.11 Å². The molecular weight excluding hydrogens is 352 g/mol. The van der Waals surface area contributed by atoms with Crippen molar-refractivity contribution < 1.29 is 9.53 Å². The van der Waals surface area contributed by atoms with E-state index in [1.165, 1.54) is 0 Å². The van der Waals surface area contributed by atoms with Crippen LogP contribution >= 0.6 is 11.6 Å². The van der Waals surface area contributed by atoms with Crippen molar-refractivity contribution in [2.24, 2.45) is 10.4 Å². The Bertz CT molecular complexity index is 694. The average Bonchev–Trinajstić information content (AvgIpc) is 2.99. The van der Waals surface area contributed by atoms with Crippen molar-refractivity contribution in [3.8, 4) is 5.75 Å². The molecule has 2 aliphatic heterocycles. The number of nitrogens with one attached hydrogen (secondary N) is 2. The van der Waals surface area contributed by atoms with Crippen LogP contribution in [0.2, 0.25) is 5.02 Å². The highest BCUT2D eigenvalue weighted by atomic mass is 35.5. The molecular formula is C19H27ClN4O2. The van der Waals surface area contributed by atoms with Crippen molar-refractivity contribution in [1.82, 2.24) is 15.5 Å². The van der Waals surface area contributed by atoms with E-state index in [9.17, 15) is 4.79 Å². The lowest BCUT2D eigenvalue weighted by molar-refractivity contribution is -0.119. The number of hydrogen-bond donors (Lipinski definition) is 2. The Labute approximate surface area is 159 Å². The van der Waals surface area contributed by atoms with Crippen LogP contribution < -0.4 is 15.4 Å². The highest BCUT2D eigenvalue weighted by Gasteiger charge is 2.42. The van der Waals surface area contributed by atoms with E-state index in [-0.39, 0.29) is 11.3 Å². The Balaban J connectivity index is 1.76. The summed E-state index contributed by atoms with van der Waals surface area (Å²) in [6.07, 6.45) is 2.78. The molecule has 3 rings (SSSR count). The summed E-state index contributed by atoms with van der Waals surface area (Å²) in [6, 6.07) is 5.62. The van der Waals surface area contributed by atoms with Gasteiger partial charge in [0.2, 0.25) is 5.91 Å². The van der Waals surface area contributed by atoms with Crippen LogP contribution in [0.3, 0.4) is 0 Å². The van der Waals surface area contributed by atoms with Gasteiger partial charge in [0.05, 0.1) is 13.7 Å². The first-order chi connectivity index (χ1) is 12.5. The fourth-order valence-corrected chi connectivity index (χ4v) is 4.03. The molecule has 0 aliphatic carbocycles. The summed E-state index contributed by atoms with van der Waals surface area (Å²) in [5, 5.41) is 7.04. The van der Waals surface area contributed by atoms with Crippen LogP contribution in [0, 0.1) is 5.41 Å². The summed E-state index contributed by atoms with van der Waals surface area (Å²) in [5.41, 5.74) is 1.04. The molecule has 2 N–H and O–H groups in total. The molecule has 7 heteroatoms. The lowest BCUT2D eigenvalue weighted by Crippen LogP contribution is -2.51. The molecule has 1 atom stereocenters. The second-order valence-electron chi connectivity index (χ2n) is 7.10. The van der Waals surface area contributed by atoms with Crippen LogP contribution in [0.25, 0.3) is 0 Å². The molecule has 0 saturated carbocycles. The summed E-state index contributed by atoms with van der Waals surface area (Å²) in [5.74, 6) is 1.81. The molecule has 1 amide bonds. The van der Waals surface area contributed by atoms with Crippen molar-refractivity contribution in [1.29, 1.82) is 0 Å². The van der Waals surface area contributed by atoms with E-state index >= 15 is 0 Å². The number of carbonyl (C=O) groups is 1. The highest BCUT2D eigenvalue weighted by Crippen LogP contribution is 2.36. The summed E-state index contributed by atoms with van der Waals surface area (Å²) in [7, 11) is 1.64. The van der Waals surface area contributed by atoms with Crippen molar-refractivity contribution >= 4 is 23.5 Å². The van der Waals surface area contributed by atoms with E-state index in [4.69, 9.17) is 21.3 Å². The maximum Gasteiger partial charge on any atom is 0.220 e. The zero-order valence-electron chi connectivity index (χ0n) is 15.5. The van der Waals surface area contributed by atoms with Crippen molar-refractivity contribution in [3.63, 3.8) is 0 Å². The van der Waals surface area contributed by atoms with Gasteiger partial charge in [-0.25, -0.2) is 4.99 Å². The summed E-state index contributed by atoms with van der Waals surface area (Å²) in [6.45, 7) is 5.97. The summed E-state index contributed by atoms with van der Waals surface area (Å²) < 4.78 is 5.42. The summed E-state index contributed by atoms with van der Waals surface area (Å²) in [4.78, 5) is 18.8. The van der Waals surface area contributed by atoms with E-state index in [0.29, 0.717) is 18.0 Å². The zero-order valence-corrected chi connectivity index (χ0v) is 16.2. The fourth-order valence-electron chi connectivity index (χ4n) is 3.86. The lowest BCUT2D eigenvalue weighted by atomic mass is 9.79. The maximum absolute atomic E-state index is 11.7. The molecule has 1 aromatic rings. The Kier molecular flexibility index (Phi) is 5.91. The predicted octanol–water partition coefficient (Wildman–Crippen LogP) is 2.42. The molecule has 2 fully saturated rings. The largest absolute Gasteiger partial charge is 0.496 e. The molecule has 0 radical (unpaired) electrons. The van der Waals surface area contributed by atoms with Gasteiger partial charge in [0, 0.05) is 48.6 Å². The van der Waals surface area contributed by atoms with E-state index in [0.717, 1.165) is 56.3 Å². The third-order valence-corrected chi connectivity index (χ3v) is 5.38. The molecule has 1 unspecified atom stereocenters. The van der Waals surface area contributed by atoms with E-state index in [1.807, 2.05) is 18.2 Å². The monoisotopic (exact) mass is 378 g/mol. The lowest BCUT2D eigenvalue weighted by Gasteiger charge is -2.40. The molecule has 2 aliphatic rings. The van der Waals surface area contributed by atoms with Crippen LogP contribution in [-0.2, 0) is 11.3 Å². The van der Waals surface area contributed by atoms with Crippen molar-refractivity contribution in [3.05, 3.63) is 28.8 Å². The van der Waals surface area contributed by atoms with Gasteiger partial charge in [-0.1, -0.05) is 17.7 Å². The number of rotatable bonds is 4.